The van der Waals surface area contributed by atoms with Gasteiger partial charge in [0.1, 0.15) is 18.4 Å². The second-order valence-corrected chi connectivity index (χ2v) is 9.55. The maximum absolute atomic E-state index is 13.2. The van der Waals surface area contributed by atoms with Gasteiger partial charge in [0.05, 0.1) is 34.9 Å². The molecular formula is C32H24N6O2. The highest BCUT2D eigenvalue weighted by molar-refractivity contribution is 6.13. The van der Waals surface area contributed by atoms with Gasteiger partial charge in [0.25, 0.3) is 5.91 Å². The van der Waals surface area contributed by atoms with Gasteiger partial charge in [-0.15, -0.1) is 0 Å². The number of hydrogen-bond donors (Lipinski definition) is 2. The molecule has 1 aliphatic heterocycles. The van der Waals surface area contributed by atoms with Crippen molar-refractivity contribution in [3.05, 3.63) is 121 Å². The van der Waals surface area contributed by atoms with Gasteiger partial charge >= 0.3 is 0 Å². The molecule has 1 amide bonds. The molecule has 0 unspecified atom stereocenters. The molecule has 8 heteroatoms. The molecule has 0 radical (unpaired) electrons. The molecule has 194 valence electrons. The minimum atomic E-state index is -0.143. The maximum atomic E-state index is 13.2. The molecule has 40 heavy (non-hydrogen) atoms. The molecule has 0 bridgehead atoms. The molecule has 3 heterocycles. The fourth-order valence-corrected chi connectivity index (χ4v) is 5.00. The van der Waals surface area contributed by atoms with Gasteiger partial charge in [-0.1, -0.05) is 30.3 Å². The molecule has 6 aromatic rings. The molecule has 2 aromatic heterocycles. The van der Waals surface area contributed by atoms with Gasteiger partial charge in [-0.05, 0) is 76.7 Å². The summed E-state index contributed by atoms with van der Waals surface area (Å²) in [4.78, 5) is 21.4. The Bertz CT molecular complexity index is 1840. The lowest BCUT2D eigenvalue weighted by atomic mass is 9.97. The predicted octanol–water partition coefficient (Wildman–Crippen LogP) is 6.41. The summed E-state index contributed by atoms with van der Waals surface area (Å²) in [6.45, 7) is 0.507. The lowest BCUT2D eigenvalue weighted by Gasteiger charge is -2.13. The number of amides is 1. The molecule has 8 nitrogen and oxygen atoms in total. The number of benzene rings is 4. The van der Waals surface area contributed by atoms with E-state index < -0.39 is 0 Å². The molecule has 0 aliphatic carbocycles. The maximum Gasteiger partial charge on any atom is 0.257 e. The highest BCUT2D eigenvalue weighted by atomic mass is 16.5. The first-order valence-electron chi connectivity index (χ1n) is 13.0. The Morgan fingerprint density at radius 1 is 0.800 bits per heavy atom. The fourth-order valence-electron chi connectivity index (χ4n) is 5.00. The van der Waals surface area contributed by atoms with Crippen molar-refractivity contribution < 1.29 is 9.53 Å². The summed E-state index contributed by atoms with van der Waals surface area (Å²) in [6, 6.07) is 27.9. The van der Waals surface area contributed by atoms with Crippen molar-refractivity contribution in [1.82, 2.24) is 19.7 Å². The van der Waals surface area contributed by atoms with Crippen LogP contribution in [0.3, 0.4) is 0 Å². The lowest BCUT2D eigenvalue weighted by Crippen LogP contribution is -2.11. The van der Waals surface area contributed by atoms with Crippen molar-refractivity contribution in [2.24, 2.45) is 0 Å². The van der Waals surface area contributed by atoms with Crippen molar-refractivity contribution in [2.75, 3.05) is 17.2 Å². The Labute approximate surface area is 230 Å². The first kappa shape index (κ1) is 23.6. The highest BCUT2D eigenvalue weighted by Crippen LogP contribution is 2.36. The highest BCUT2D eigenvalue weighted by Gasteiger charge is 2.20. The van der Waals surface area contributed by atoms with Crippen LogP contribution in [0.25, 0.3) is 27.6 Å². The first-order chi connectivity index (χ1) is 19.7. The molecule has 0 atom stereocenters. The Morgan fingerprint density at radius 3 is 2.60 bits per heavy atom. The van der Waals surface area contributed by atoms with E-state index >= 15 is 0 Å². The third-order valence-electron chi connectivity index (χ3n) is 7.04. The summed E-state index contributed by atoms with van der Waals surface area (Å²) in [5, 5.41) is 12.9. The van der Waals surface area contributed by atoms with Crippen molar-refractivity contribution in [3.63, 3.8) is 0 Å². The summed E-state index contributed by atoms with van der Waals surface area (Å²) < 4.78 is 7.65. The van der Waals surface area contributed by atoms with Crippen LogP contribution in [0.5, 0.6) is 5.75 Å². The van der Waals surface area contributed by atoms with Gasteiger partial charge in [-0.2, -0.15) is 5.10 Å². The first-order valence-corrected chi connectivity index (χ1v) is 13.0. The van der Waals surface area contributed by atoms with Crippen molar-refractivity contribution >= 4 is 33.7 Å². The largest absolute Gasteiger partial charge is 0.493 e. The summed E-state index contributed by atoms with van der Waals surface area (Å²) in [6.07, 6.45) is 7.52. The Kier molecular flexibility index (Phi) is 5.90. The normalized spacial score (nSPS) is 12.2. The van der Waals surface area contributed by atoms with Gasteiger partial charge in [-0.3, -0.25) is 9.78 Å². The number of anilines is 3. The van der Waals surface area contributed by atoms with E-state index in [-0.39, 0.29) is 5.91 Å². The summed E-state index contributed by atoms with van der Waals surface area (Å²) >= 11 is 0. The van der Waals surface area contributed by atoms with Crippen LogP contribution in [0.1, 0.15) is 15.9 Å². The number of pyridine rings is 1. The number of nitrogens with one attached hydrogen (secondary N) is 2. The zero-order valence-electron chi connectivity index (χ0n) is 21.4. The SMILES string of the molecule is O=C1Nc2cc(CCOc3ccc(-n4cncn4)cc3)ccc2Nc2cc(-c3cccc4cnccc34)ccc21. The zero-order valence-corrected chi connectivity index (χ0v) is 21.4. The minimum Gasteiger partial charge on any atom is -0.493 e. The average molecular weight is 525 g/mol. The quantitative estimate of drug-likeness (QED) is 0.261. The third kappa shape index (κ3) is 4.52. The second kappa shape index (κ2) is 9.99. The molecule has 2 N–H and O–H groups in total. The molecule has 7 rings (SSSR count). The van der Waals surface area contributed by atoms with E-state index in [0.717, 1.165) is 56.0 Å². The molecule has 0 saturated carbocycles. The van der Waals surface area contributed by atoms with Crippen LogP contribution in [0.4, 0.5) is 17.1 Å². The van der Waals surface area contributed by atoms with Gasteiger partial charge in [-0.25, -0.2) is 9.67 Å². The average Bonchev–Trinajstić information content (AvgIpc) is 3.49. The fraction of sp³-hybridized carbons (Fsp3) is 0.0625. The van der Waals surface area contributed by atoms with Crippen molar-refractivity contribution in [1.29, 1.82) is 0 Å². The van der Waals surface area contributed by atoms with Crippen LogP contribution < -0.4 is 15.4 Å². The predicted molar refractivity (Wildman–Crippen MR) is 155 cm³/mol. The van der Waals surface area contributed by atoms with Crippen LogP contribution in [-0.2, 0) is 6.42 Å². The number of nitrogens with zero attached hydrogens (tertiary/aromatic N) is 4. The molecule has 1 aliphatic rings. The minimum absolute atomic E-state index is 0.143. The van der Waals surface area contributed by atoms with Gasteiger partial charge < -0.3 is 15.4 Å². The van der Waals surface area contributed by atoms with E-state index in [2.05, 4.69) is 43.9 Å². The van der Waals surface area contributed by atoms with Gasteiger partial charge in [0, 0.05) is 24.2 Å². The number of aromatic nitrogens is 4. The molecule has 0 fully saturated rings. The molecule has 0 spiro atoms. The zero-order chi connectivity index (χ0) is 26.9. The number of carbonyl (C=O) groups excluding carboxylic acids is 1. The summed E-state index contributed by atoms with van der Waals surface area (Å²) in [5.74, 6) is 0.637. The number of carbonyl (C=O) groups is 1. The number of fused-ring (bicyclic) bond motifs is 3. The van der Waals surface area contributed by atoms with Crippen LogP contribution in [0.15, 0.2) is 110 Å². The van der Waals surface area contributed by atoms with E-state index in [4.69, 9.17) is 4.74 Å². The van der Waals surface area contributed by atoms with Gasteiger partial charge in [0.15, 0.2) is 0 Å². The van der Waals surface area contributed by atoms with E-state index in [1.807, 2.05) is 72.9 Å². The Morgan fingerprint density at radius 2 is 1.73 bits per heavy atom. The standard InChI is InChI=1S/C32H24N6O2/c39-32-28-10-5-22(26-3-1-2-23-18-33-14-12-27(23)26)17-30(28)36-29-11-4-21(16-31(29)37-32)13-15-40-25-8-6-24(7-9-25)38-20-34-19-35-38/h1-12,14,16-20,36H,13,15H2,(H,37,39). The number of hydrogen-bond acceptors (Lipinski definition) is 6. The second-order valence-electron chi connectivity index (χ2n) is 9.55. The number of rotatable bonds is 6. The lowest BCUT2D eigenvalue weighted by molar-refractivity contribution is 0.102. The smallest absolute Gasteiger partial charge is 0.257 e. The number of ether oxygens (including phenoxy) is 1. The Hall–Kier alpha value is -5.50. The van der Waals surface area contributed by atoms with Crippen molar-refractivity contribution in [2.45, 2.75) is 6.42 Å². The summed E-state index contributed by atoms with van der Waals surface area (Å²) in [5.41, 5.74) is 7.07. The van der Waals surface area contributed by atoms with E-state index in [1.54, 1.807) is 17.2 Å². The molecule has 0 saturated heterocycles. The van der Waals surface area contributed by atoms with Crippen LogP contribution in [0.2, 0.25) is 0 Å². The molecule has 4 aromatic carbocycles. The Balaban J connectivity index is 1.08. The van der Waals surface area contributed by atoms with Gasteiger partial charge in [0.2, 0.25) is 0 Å². The van der Waals surface area contributed by atoms with Crippen molar-refractivity contribution in [3.8, 4) is 22.6 Å². The topological polar surface area (TPSA) is 94.0 Å². The van der Waals surface area contributed by atoms with E-state index in [0.29, 0.717) is 18.6 Å². The van der Waals surface area contributed by atoms with Crippen LogP contribution in [-0.4, -0.2) is 32.3 Å². The van der Waals surface area contributed by atoms with E-state index in [1.165, 1.54) is 6.33 Å². The van der Waals surface area contributed by atoms with Crippen LogP contribution in [0, 0.1) is 0 Å². The molecular weight excluding hydrogens is 500 g/mol. The van der Waals surface area contributed by atoms with Crippen LogP contribution >= 0.6 is 0 Å². The third-order valence-corrected chi connectivity index (χ3v) is 7.04. The monoisotopic (exact) mass is 524 g/mol. The van der Waals surface area contributed by atoms with E-state index in [9.17, 15) is 4.79 Å². The summed E-state index contributed by atoms with van der Waals surface area (Å²) in [7, 11) is 0.